The molecule has 1 N–H and O–H groups in total. The van der Waals surface area contributed by atoms with Gasteiger partial charge in [0.15, 0.2) is 6.10 Å². The standard InChI is InChI=1S/C23H21NO4/c1-17(28-22-9-5-8-19(14-22)15-25)23(26)24-20-10-12-21(13-11-20)27-16-18-6-3-2-4-7-18/h2-15,17H,16H2,1H3,(H,24,26). The summed E-state index contributed by atoms with van der Waals surface area (Å²) in [5.74, 6) is 0.906. The molecule has 142 valence electrons. The normalized spacial score (nSPS) is 11.3. The van der Waals surface area contributed by atoms with Gasteiger partial charge in [-0.05, 0) is 48.9 Å². The Labute approximate surface area is 163 Å². The zero-order valence-corrected chi connectivity index (χ0v) is 15.5. The number of ether oxygens (including phenoxy) is 2. The lowest BCUT2D eigenvalue weighted by molar-refractivity contribution is -0.122. The van der Waals surface area contributed by atoms with Gasteiger partial charge in [-0.15, -0.1) is 0 Å². The summed E-state index contributed by atoms with van der Waals surface area (Å²) in [4.78, 5) is 23.2. The van der Waals surface area contributed by atoms with Crippen LogP contribution in [0.25, 0.3) is 0 Å². The van der Waals surface area contributed by atoms with Gasteiger partial charge < -0.3 is 14.8 Å². The molecule has 1 atom stereocenters. The second kappa shape index (κ2) is 9.37. The molecule has 0 heterocycles. The van der Waals surface area contributed by atoms with E-state index in [0.717, 1.165) is 17.6 Å². The molecule has 0 radical (unpaired) electrons. The molecule has 0 bridgehead atoms. The molecule has 5 heteroatoms. The molecular formula is C23H21NO4. The second-order valence-corrected chi connectivity index (χ2v) is 6.24. The number of anilines is 1. The van der Waals surface area contributed by atoms with E-state index in [0.29, 0.717) is 23.6 Å². The summed E-state index contributed by atoms with van der Waals surface area (Å²) in [5, 5.41) is 2.80. The van der Waals surface area contributed by atoms with E-state index in [2.05, 4.69) is 5.32 Å². The van der Waals surface area contributed by atoms with Gasteiger partial charge >= 0.3 is 0 Å². The molecule has 5 nitrogen and oxygen atoms in total. The quantitative estimate of drug-likeness (QED) is 0.590. The number of aldehydes is 1. The van der Waals surface area contributed by atoms with Crippen molar-refractivity contribution < 1.29 is 19.1 Å². The van der Waals surface area contributed by atoms with E-state index in [9.17, 15) is 9.59 Å². The van der Waals surface area contributed by atoms with Crippen LogP contribution in [0.4, 0.5) is 5.69 Å². The van der Waals surface area contributed by atoms with E-state index in [1.807, 2.05) is 30.3 Å². The number of carbonyl (C=O) groups excluding carboxylic acids is 2. The molecule has 3 aromatic rings. The maximum absolute atomic E-state index is 12.3. The summed E-state index contributed by atoms with van der Waals surface area (Å²) in [7, 11) is 0. The zero-order valence-electron chi connectivity index (χ0n) is 15.5. The van der Waals surface area contributed by atoms with E-state index in [4.69, 9.17) is 9.47 Å². The number of amides is 1. The zero-order chi connectivity index (χ0) is 19.8. The van der Waals surface area contributed by atoms with Crippen LogP contribution in [0, 0.1) is 0 Å². The van der Waals surface area contributed by atoms with Crippen LogP contribution in [0.1, 0.15) is 22.8 Å². The molecule has 0 saturated heterocycles. The van der Waals surface area contributed by atoms with Gasteiger partial charge in [-0.3, -0.25) is 9.59 Å². The van der Waals surface area contributed by atoms with Crippen molar-refractivity contribution in [1.82, 2.24) is 0 Å². The minimum atomic E-state index is -0.712. The molecule has 3 aromatic carbocycles. The highest BCUT2D eigenvalue weighted by Gasteiger charge is 2.15. The summed E-state index contributed by atoms with van der Waals surface area (Å²) in [5.41, 5.74) is 2.23. The lowest BCUT2D eigenvalue weighted by atomic mass is 10.2. The Morgan fingerprint density at radius 3 is 2.43 bits per heavy atom. The minimum absolute atomic E-state index is 0.283. The van der Waals surface area contributed by atoms with Gasteiger partial charge in [-0.1, -0.05) is 42.5 Å². The third kappa shape index (κ3) is 5.45. The summed E-state index contributed by atoms with van der Waals surface area (Å²) in [6.07, 6.45) is 0.0230. The van der Waals surface area contributed by atoms with Crippen LogP contribution in [0.15, 0.2) is 78.9 Å². The van der Waals surface area contributed by atoms with E-state index in [1.165, 1.54) is 0 Å². The molecule has 0 spiro atoms. The van der Waals surface area contributed by atoms with Crippen LogP contribution in [0.3, 0.4) is 0 Å². The van der Waals surface area contributed by atoms with Gasteiger partial charge in [0.1, 0.15) is 24.4 Å². The van der Waals surface area contributed by atoms with Crippen molar-refractivity contribution in [2.24, 2.45) is 0 Å². The molecule has 3 rings (SSSR count). The molecule has 1 amide bonds. The Kier molecular flexibility index (Phi) is 6.41. The predicted octanol–water partition coefficient (Wildman–Crippen LogP) is 4.48. The van der Waals surface area contributed by atoms with Gasteiger partial charge in [0, 0.05) is 11.3 Å². The first-order valence-corrected chi connectivity index (χ1v) is 8.93. The SMILES string of the molecule is CC(Oc1cccc(C=O)c1)C(=O)Nc1ccc(OCc2ccccc2)cc1. The highest BCUT2D eigenvalue weighted by atomic mass is 16.5. The number of nitrogens with one attached hydrogen (secondary N) is 1. The molecule has 1 unspecified atom stereocenters. The molecule has 0 aliphatic rings. The third-order valence-corrected chi connectivity index (χ3v) is 4.05. The Balaban J connectivity index is 1.52. The lowest BCUT2D eigenvalue weighted by Gasteiger charge is -2.15. The van der Waals surface area contributed by atoms with Crippen molar-refractivity contribution >= 4 is 17.9 Å². The Bertz CT molecular complexity index is 923. The number of hydrogen-bond acceptors (Lipinski definition) is 4. The molecule has 0 aliphatic carbocycles. The fraction of sp³-hybridized carbons (Fsp3) is 0.130. The third-order valence-electron chi connectivity index (χ3n) is 4.05. The minimum Gasteiger partial charge on any atom is -0.489 e. The lowest BCUT2D eigenvalue weighted by Crippen LogP contribution is -2.30. The monoisotopic (exact) mass is 375 g/mol. The number of carbonyl (C=O) groups is 2. The van der Waals surface area contributed by atoms with E-state index in [-0.39, 0.29) is 5.91 Å². The van der Waals surface area contributed by atoms with E-state index in [1.54, 1.807) is 55.5 Å². The van der Waals surface area contributed by atoms with Crippen molar-refractivity contribution in [2.45, 2.75) is 19.6 Å². The maximum atomic E-state index is 12.3. The van der Waals surface area contributed by atoms with Crippen LogP contribution < -0.4 is 14.8 Å². The van der Waals surface area contributed by atoms with Gasteiger partial charge in [-0.25, -0.2) is 0 Å². The van der Waals surface area contributed by atoms with Crippen LogP contribution >= 0.6 is 0 Å². The van der Waals surface area contributed by atoms with Crippen molar-refractivity contribution in [1.29, 1.82) is 0 Å². The summed E-state index contributed by atoms with van der Waals surface area (Å²) < 4.78 is 11.3. The van der Waals surface area contributed by atoms with Crippen molar-refractivity contribution in [3.63, 3.8) is 0 Å². The van der Waals surface area contributed by atoms with Crippen LogP contribution in [-0.4, -0.2) is 18.3 Å². The summed E-state index contributed by atoms with van der Waals surface area (Å²) >= 11 is 0. The van der Waals surface area contributed by atoms with Crippen LogP contribution in [0.2, 0.25) is 0 Å². The smallest absolute Gasteiger partial charge is 0.265 e. The average molecular weight is 375 g/mol. The van der Waals surface area contributed by atoms with Gasteiger partial charge in [0.25, 0.3) is 5.91 Å². The first kappa shape index (κ1) is 19.2. The maximum Gasteiger partial charge on any atom is 0.265 e. The average Bonchev–Trinajstić information content (AvgIpc) is 2.74. The molecule has 28 heavy (non-hydrogen) atoms. The summed E-state index contributed by atoms with van der Waals surface area (Å²) in [6, 6.07) is 23.7. The van der Waals surface area contributed by atoms with Crippen LogP contribution in [-0.2, 0) is 11.4 Å². The van der Waals surface area contributed by atoms with E-state index >= 15 is 0 Å². The van der Waals surface area contributed by atoms with Gasteiger partial charge in [0.05, 0.1) is 0 Å². The van der Waals surface area contributed by atoms with Gasteiger partial charge in [-0.2, -0.15) is 0 Å². The molecule has 0 aliphatic heterocycles. The number of hydrogen-bond donors (Lipinski definition) is 1. The fourth-order valence-electron chi connectivity index (χ4n) is 2.54. The molecular weight excluding hydrogens is 354 g/mol. The van der Waals surface area contributed by atoms with Crippen LogP contribution in [0.5, 0.6) is 11.5 Å². The Morgan fingerprint density at radius 1 is 0.964 bits per heavy atom. The van der Waals surface area contributed by atoms with Gasteiger partial charge in [0.2, 0.25) is 0 Å². The van der Waals surface area contributed by atoms with E-state index < -0.39 is 6.10 Å². The molecule has 0 saturated carbocycles. The fourth-order valence-corrected chi connectivity index (χ4v) is 2.54. The molecule has 0 fully saturated rings. The highest BCUT2D eigenvalue weighted by Crippen LogP contribution is 2.18. The number of benzene rings is 3. The van der Waals surface area contributed by atoms with Crippen molar-refractivity contribution in [3.8, 4) is 11.5 Å². The largest absolute Gasteiger partial charge is 0.489 e. The number of rotatable bonds is 8. The topological polar surface area (TPSA) is 64.6 Å². The van der Waals surface area contributed by atoms with Crippen molar-refractivity contribution in [3.05, 3.63) is 90.0 Å². The first-order chi connectivity index (χ1) is 13.6. The first-order valence-electron chi connectivity index (χ1n) is 8.93. The summed E-state index contributed by atoms with van der Waals surface area (Å²) in [6.45, 7) is 2.14. The predicted molar refractivity (Wildman–Crippen MR) is 108 cm³/mol. The van der Waals surface area contributed by atoms with Crippen molar-refractivity contribution in [2.75, 3.05) is 5.32 Å². The Morgan fingerprint density at radius 2 is 1.71 bits per heavy atom. The highest BCUT2D eigenvalue weighted by molar-refractivity contribution is 5.94. The Hall–Kier alpha value is -3.60. The second-order valence-electron chi connectivity index (χ2n) is 6.24. The molecule has 0 aromatic heterocycles.